The number of thioether (sulfide) groups is 1. The summed E-state index contributed by atoms with van der Waals surface area (Å²) in [4.78, 5) is 86.0. The first-order valence-corrected chi connectivity index (χ1v) is 16.7. The minimum absolute atomic E-state index is 0.0111. The molecule has 0 spiro atoms. The summed E-state index contributed by atoms with van der Waals surface area (Å²) in [6.07, 6.45) is 0. The van der Waals surface area contributed by atoms with Gasteiger partial charge < -0.3 is 46.5 Å². The second kappa shape index (κ2) is 13.7. The number of hydrazine groups is 1. The molecule has 3 aliphatic heterocycles. The number of thiazole rings is 1. The molecule has 0 aliphatic carbocycles. The first kappa shape index (κ1) is 36.2. The average Bonchev–Trinajstić information content (AvgIpc) is 3.76. The third-order valence-electron chi connectivity index (χ3n) is 7.82. The fourth-order valence-electron chi connectivity index (χ4n) is 5.03. The topological polar surface area (TPSA) is 290 Å². The first-order valence-electron chi connectivity index (χ1n) is 14.5. The molecule has 0 radical (unpaired) electrons. The van der Waals surface area contributed by atoms with E-state index in [1.165, 1.54) is 30.2 Å². The van der Waals surface area contributed by atoms with Crippen LogP contribution in [0.5, 0.6) is 11.5 Å². The van der Waals surface area contributed by atoms with Gasteiger partial charge in [0.05, 0.1) is 23.7 Å². The fourth-order valence-corrected chi connectivity index (χ4v) is 7.46. The lowest BCUT2D eigenvalue weighted by molar-refractivity contribution is -0.161. The molecule has 3 aliphatic rings. The monoisotopic (exact) mass is 755 g/mol. The number of nitrogens with one attached hydrogen (secondary N) is 3. The van der Waals surface area contributed by atoms with E-state index in [1.54, 1.807) is 0 Å². The van der Waals surface area contributed by atoms with E-state index in [4.69, 9.17) is 22.2 Å². The predicted molar refractivity (Wildman–Crippen MR) is 175 cm³/mol. The van der Waals surface area contributed by atoms with Crippen LogP contribution in [0.3, 0.4) is 0 Å². The van der Waals surface area contributed by atoms with Gasteiger partial charge in [0, 0.05) is 25.0 Å². The van der Waals surface area contributed by atoms with Gasteiger partial charge in [0.2, 0.25) is 16.4 Å². The quantitative estimate of drug-likeness (QED) is 0.0409. The van der Waals surface area contributed by atoms with Crippen molar-refractivity contribution < 1.29 is 54.0 Å². The molecule has 5 rings (SSSR count). The van der Waals surface area contributed by atoms with Gasteiger partial charge in [-0.2, -0.15) is 0 Å². The van der Waals surface area contributed by atoms with Gasteiger partial charge in [0.25, 0.3) is 11.8 Å². The van der Waals surface area contributed by atoms with Crippen molar-refractivity contribution in [3.05, 3.63) is 33.8 Å². The van der Waals surface area contributed by atoms with Gasteiger partial charge in [-0.05, 0) is 26.0 Å². The van der Waals surface area contributed by atoms with Crippen LogP contribution in [-0.2, 0) is 24.0 Å². The van der Waals surface area contributed by atoms with Crippen LogP contribution in [0, 0.1) is 0 Å². The smallest absolute Gasteiger partial charge is 0.350 e. The van der Waals surface area contributed by atoms with E-state index in [1.807, 2.05) is 0 Å². The lowest BCUT2D eigenvalue weighted by atomic mass is 10.1. The number of aromatic nitrogens is 1. The highest BCUT2D eigenvalue weighted by atomic mass is 35.5. The average molecular weight is 756 g/mol. The summed E-state index contributed by atoms with van der Waals surface area (Å²) in [5.74, 6) is -6.15. The molecule has 20 nitrogen and oxygen atoms in total. The van der Waals surface area contributed by atoms with Crippen LogP contribution in [0.2, 0.25) is 5.02 Å². The summed E-state index contributed by atoms with van der Waals surface area (Å²) in [6.45, 7) is 2.07. The zero-order valence-electron chi connectivity index (χ0n) is 26.1. The number of phenolic OH excluding ortho intramolecular Hbond substituents is 2. The minimum Gasteiger partial charge on any atom is -0.504 e. The highest BCUT2D eigenvalue weighted by Crippen LogP contribution is 2.49. The highest BCUT2D eigenvalue weighted by molar-refractivity contribution is 8.02. The summed E-state index contributed by atoms with van der Waals surface area (Å²) in [7, 11) is 0. The van der Waals surface area contributed by atoms with Crippen molar-refractivity contribution in [3.63, 3.8) is 0 Å². The van der Waals surface area contributed by atoms with Crippen LogP contribution in [-0.4, -0.2) is 136 Å². The molecule has 23 heteroatoms. The summed E-state index contributed by atoms with van der Waals surface area (Å²) >= 11 is 7.68. The van der Waals surface area contributed by atoms with Gasteiger partial charge >= 0.3 is 18.0 Å². The molecule has 0 bridgehead atoms. The number of carbonyl (C=O) groups excluding carboxylic acids is 4. The van der Waals surface area contributed by atoms with Crippen LogP contribution in [0.4, 0.5) is 9.93 Å². The van der Waals surface area contributed by atoms with Crippen molar-refractivity contribution in [2.75, 3.05) is 38.5 Å². The van der Waals surface area contributed by atoms with Gasteiger partial charge in [-0.15, -0.1) is 11.3 Å². The molecule has 4 heterocycles. The largest absolute Gasteiger partial charge is 0.504 e. The Labute approximate surface area is 295 Å². The molecule has 268 valence electrons. The number of oxime groups is 1. The number of benzene rings is 1. The number of hydrogen-bond donors (Lipinski definition) is 8. The number of carboxylic acid groups (broad SMARTS) is 2. The molecule has 1 aromatic heterocycles. The van der Waals surface area contributed by atoms with E-state index in [0.717, 1.165) is 39.1 Å². The number of carboxylic acids is 2. The second-order valence-corrected chi connectivity index (χ2v) is 14.1. The maximum atomic E-state index is 13.4. The predicted octanol–water partition coefficient (Wildman–Crippen LogP) is -0.773. The Balaban J connectivity index is 1.22. The standard InChI is InChI=1S/C27H30ClN9O11S2/c1-26(2,22(43)44)48-34-15(12-9-49-24(29)32-12)19(41)33-16-20(42)35-10-27(23(45)46,50-21(16)35)36-7-8-37(25(36)47)31-6-5-30-18(40)11-3-4-13(38)17(39)14(11)28/h3-4,9,16,21,31,38-39H,5-8,10H2,1-2H3,(H2,29,32)(H,30,40)(H,33,41)(H,43,44)(H,45,46)/b34-15-/t16?,21-,27-/m1/s1. The lowest BCUT2D eigenvalue weighted by Gasteiger charge is -2.41. The maximum absolute atomic E-state index is 13.4. The fraction of sp³-hybridized carbons (Fsp3) is 0.407. The normalized spacial score (nSPS) is 21.9. The number of aromatic hydroxyl groups is 2. The Morgan fingerprint density at radius 2 is 1.90 bits per heavy atom. The van der Waals surface area contributed by atoms with E-state index in [-0.39, 0.29) is 54.1 Å². The molecule has 0 saturated carbocycles. The molecule has 3 fully saturated rings. The van der Waals surface area contributed by atoms with Gasteiger partial charge in [0.15, 0.2) is 22.3 Å². The Bertz CT molecular complexity index is 1810. The van der Waals surface area contributed by atoms with Crippen molar-refractivity contribution >= 4 is 81.2 Å². The SMILES string of the molecule is CC(C)(O/N=C(\C(=O)NC1C(=O)N2C[C@@](C(=O)O)(N3CCN(NCCNC(=O)c4ccc(O)c(O)c4Cl)C3=O)S[C@H]12)c1csc(N)n1)C(=O)O. The number of phenols is 2. The number of rotatable bonds is 13. The Morgan fingerprint density at radius 3 is 2.54 bits per heavy atom. The van der Waals surface area contributed by atoms with Crippen molar-refractivity contribution in [1.29, 1.82) is 0 Å². The number of β-lactam (4-membered cyclic amide) rings is 1. The number of hydrogen-bond acceptors (Lipinski definition) is 15. The molecule has 9 N–H and O–H groups in total. The van der Waals surface area contributed by atoms with Crippen LogP contribution < -0.4 is 21.8 Å². The molecule has 1 aromatic carbocycles. The van der Waals surface area contributed by atoms with Crippen molar-refractivity contribution in [2.24, 2.45) is 5.16 Å². The summed E-state index contributed by atoms with van der Waals surface area (Å²) < 4.78 is 0. The molecule has 5 amide bonds. The highest BCUT2D eigenvalue weighted by Gasteiger charge is 2.66. The molecule has 50 heavy (non-hydrogen) atoms. The van der Waals surface area contributed by atoms with Crippen LogP contribution in [0.15, 0.2) is 22.7 Å². The number of anilines is 1. The van der Waals surface area contributed by atoms with Crippen LogP contribution in [0.1, 0.15) is 29.9 Å². The second-order valence-electron chi connectivity index (χ2n) is 11.5. The van der Waals surface area contributed by atoms with E-state index >= 15 is 0 Å². The summed E-state index contributed by atoms with van der Waals surface area (Å²) in [6, 6.07) is 0.379. The van der Waals surface area contributed by atoms with E-state index in [0.29, 0.717) is 0 Å². The maximum Gasteiger partial charge on any atom is 0.350 e. The Morgan fingerprint density at radius 1 is 1.18 bits per heavy atom. The van der Waals surface area contributed by atoms with Gasteiger partial charge in [-0.3, -0.25) is 24.3 Å². The van der Waals surface area contributed by atoms with Crippen molar-refractivity contribution in [2.45, 2.75) is 35.7 Å². The third-order valence-corrected chi connectivity index (χ3v) is 10.6. The molecular weight excluding hydrogens is 726 g/mol. The minimum atomic E-state index is -1.91. The number of nitrogens with two attached hydrogens (primary N) is 1. The zero-order chi connectivity index (χ0) is 36.7. The van der Waals surface area contributed by atoms with Crippen molar-refractivity contribution in [1.82, 2.24) is 35.9 Å². The van der Waals surface area contributed by atoms with E-state index in [9.17, 15) is 49.2 Å². The molecule has 2 aromatic rings. The summed E-state index contributed by atoms with van der Waals surface area (Å²) in [5.41, 5.74) is 6.06. The lowest BCUT2D eigenvalue weighted by Crippen LogP contribution is -2.68. The first-order chi connectivity index (χ1) is 23.5. The molecule has 3 saturated heterocycles. The number of urea groups is 1. The number of amides is 5. The number of halogens is 1. The van der Waals surface area contributed by atoms with Crippen LogP contribution in [0.25, 0.3) is 0 Å². The van der Waals surface area contributed by atoms with E-state index in [2.05, 4.69) is 26.2 Å². The number of aliphatic carboxylic acids is 2. The van der Waals surface area contributed by atoms with Crippen molar-refractivity contribution in [3.8, 4) is 11.5 Å². The molecule has 1 unspecified atom stereocenters. The number of nitrogen functional groups attached to an aromatic ring is 1. The number of fused-ring (bicyclic) bond motifs is 1. The van der Waals surface area contributed by atoms with E-state index < -0.39 is 74.8 Å². The summed E-state index contributed by atoms with van der Waals surface area (Å²) in [5, 5.41) is 49.1. The Kier molecular flexibility index (Phi) is 9.92. The molecular formula is C27H30ClN9O11S2. The van der Waals surface area contributed by atoms with Gasteiger partial charge in [-0.25, -0.2) is 24.8 Å². The zero-order valence-corrected chi connectivity index (χ0v) is 28.5. The number of carbonyl (C=O) groups is 6. The third kappa shape index (κ3) is 6.60. The molecule has 3 atom stereocenters. The Hall–Kier alpha value is -5.06. The van der Waals surface area contributed by atoms with Gasteiger partial charge in [-0.1, -0.05) is 28.5 Å². The number of nitrogens with zero attached hydrogens (tertiary/aromatic N) is 5. The van der Waals surface area contributed by atoms with Crippen LogP contribution >= 0.6 is 34.7 Å². The van der Waals surface area contributed by atoms with Gasteiger partial charge in [0.1, 0.15) is 17.1 Å².